The minimum atomic E-state index is -1.21. The quantitative estimate of drug-likeness (QED) is 0.312. The molecule has 4 saturated carbocycles. The second kappa shape index (κ2) is 10.6. The first kappa shape index (κ1) is 30.3. The number of ether oxygens (including phenoxy) is 4. The van der Waals surface area contributed by atoms with Gasteiger partial charge in [0.25, 0.3) is 0 Å². The monoisotopic (exact) mass is 594 g/mol. The first-order valence-corrected chi connectivity index (χ1v) is 16.9. The molecule has 9 nitrogen and oxygen atoms in total. The zero-order valence-corrected chi connectivity index (χ0v) is 25.8. The van der Waals surface area contributed by atoms with Crippen LogP contribution < -0.4 is 0 Å². The van der Waals surface area contributed by atoms with Gasteiger partial charge in [0.15, 0.2) is 12.1 Å². The highest BCUT2D eigenvalue weighted by molar-refractivity contribution is 5.18. The summed E-state index contributed by atoms with van der Waals surface area (Å²) in [4.78, 5) is 0. The third kappa shape index (κ3) is 4.35. The Bertz CT molecular complexity index is 1000. The van der Waals surface area contributed by atoms with Crippen LogP contribution in [0.3, 0.4) is 0 Å². The van der Waals surface area contributed by atoms with Crippen molar-refractivity contribution in [3.8, 4) is 0 Å². The molecule has 18 atom stereocenters. The number of aliphatic hydroxyl groups excluding tert-OH is 5. The molecule has 42 heavy (non-hydrogen) atoms. The summed E-state index contributed by atoms with van der Waals surface area (Å²) in [5.74, 6) is 1.86. The number of fused-ring (bicyclic) bond motifs is 7. The molecule has 7 fully saturated rings. The van der Waals surface area contributed by atoms with Crippen LogP contribution >= 0.6 is 0 Å². The molecule has 0 bridgehead atoms. The van der Waals surface area contributed by atoms with Crippen molar-refractivity contribution in [2.24, 2.45) is 52.3 Å². The maximum Gasteiger partial charge on any atom is 0.186 e. The van der Waals surface area contributed by atoms with Gasteiger partial charge in [0.1, 0.15) is 6.10 Å². The topological polar surface area (TPSA) is 138 Å². The van der Waals surface area contributed by atoms with Crippen LogP contribution in [0.15, 0.2) is 0 Å². The minimum absolute atomic E-state index is 0.00125. The van der Waals surface area contributed by atoms with E-state index in [1.165, 1.54) is 0 Å². The lowest BCUT2D eigenvalue weighted by Gasteiger charge is -2.62. The maximum atomic E-state index is 12.0. The SMILES string of the molecule is C[C@H]1CC[C@@]2(OC1)O[C@H]1[C@H](O)[C@@H]3[C@H]4CC[C@@H]5CC(OC6O[C@@H](CO)C[C@@H](O)[C@@H]6O)[C@@H](O)C[C@@]5(C)[C@@H]4CC[C@@]3(C)[C@@H]1[C@@H]2C. The number of aliphatic hydroxyl groups is 5. The summed E-state index contributed by atoms with van der Waals surface area (Å²) >= 11 is 0. The lowest BCUT2D eigenvalue weighted by atomic mass is 9.44. The van der Waals surface area contributed by atoms with Crippen LogP contribution in [0, 0.1) is 52.3 Å². The van der Waals surface area contributed by atoms with E-state index < -0.39 is 48.7 Å². The van der Waals surface area contributed by atoms with Gasteiger partial charge in [-0.05, 0) is 85.4 Å². The second-order valence-corrected chi connectivity index (χ2v) is 16.1. The van der Waals surface area contributed by atoms with Crippen LogP contribution in [0.5, 0.6) is 0 Å². The number of rotatable bonds is 3. The lowest BCUT2D eigenvalue weighted by Crippen LogP contribution is -2.60. The van der Waals surface area contributed by atoms with Gasteiger partial charge in [-0.15, -0.1) is 0 Å². The van der Waals surface area contributed by atoms with Crippen molar-refractivity contribution in [1.29, 1.82) is 0 Å². The van der Waals surface area contributed by atoms with Gasteiger partial charge in [-0.25, -0.2) is 0 Å². The fourth-order valence-corrected chi connectivity index (χ4v) is 11.8. The van der Waals surface area contributed by atoms with Gasteiger partial charge in [-0.3, -0.25) is 0 Å². The zero-order chi connectivity index (χ0) is 29.8. The van der Waals surface area contributed by atoms with Gasteiger partial charge >= 0.3 is 0 Å². The summed E-state index contributed by atoms with van der Waals surface area (Å²) < 4.78 is 25.1. The molecule has 2 unspecified atom stereocenters. The van der Waals surface area contributed by atoms with E-state index in [1.807, 2.05) is 0 Å². The van der Waals surface area contributed by atoms with E-state index in [-0.39, 0.29) is 47.7 Å². The molecular formula is C33H54O9. The van der Waals surface area contributed by atoms with Crippen LogP contribution in [0.1, 0.15) is 85.5 Å². The molecule has 3 saturated heterocycles. The molecule has 3 heterocycles. The molecule has 5 N–H and O–H groups in total. The average molecular weight is 595 g/mol. The van der Waals surface area contributed by atoms with Gasteiger partial charge in [0, 0.05) is 24.7 Å². The Kier molecular flexibility index (Phi) is 7.64. The highest BCUT2D eigenvalue weighted by Crippen LogP contribution is 2.71. The molecular weight excluding hydrogens is 540 g/mol. The average Bonchev–Trinajstić information content (AvgIpc) is 3.36. The van der Waals surface area contributed by atoms with E-state index in [9.17, 15) is 25.5 Å². The normalized spacial score (nSPS) is 60.9. The summed E-state index contributed by atoms with van der Waals surface area (Å²) in [6.45, 7) is 9.78. The Labute approximate surface area is 250 Å². The minimum Gasteiger partial charge on any atom is -0.394 e. The van der Waals surface area contributed by atoms with Crippen molar-refractivity contribution in [2.45, 2.75) is 140 Å². The van der Waals surface area contributed by atoms with E-state index in [1.54, 1.807) is 0 Å². The smallest absolute Gasteiger partial charge is 0.186 e. The highest BCUT2D eigenvalue weighted by Gasteiger charge is 2.72. The van der Waals surface area contributed by atoms with Gasteiger partial charge in [-0.2, -0.15) is 0 Å². The Morgan fingerprint density at radius 1 is 0.857 bits per heavy atom. The molecule has 0 aromatic carbocycles. The summed E-state index contributed by atoms with van der Waals surface area (Å²) in [5, 5.41) is 53.8. The van der Waals surface area contributed by atoms with Crippen molar-refractivity contribution in [3.63, 3.8) is 0 Å². The first-order valence-electron chi connectivity index (χ1n) is 16.9. The van der Waals surface area contributed by atoms with Crippen LogP contribution in [-0.2, 0) is 18.9 Å². The van der Waals surface area contributed by atoms with E-state index in [2.05, 4.69) is 27.7 Å². The lowest BCUT2D eigenvalue weighted by molar-refractivity contribution is -0.303. The Morgan fingerprint density at radius 2 is 1.64 bits per heavy atom. The van der Waals surface area contributed by atoms with Gasteiger partial charge in [0.05, 0.1) is 49.8 Å². The fraction of sp³-hybridized carbons (Fsp3) is 1.00. The number of hydrogen-bond donors (Lipinski definition) is 5. The van der Waals surface area contributed by atoms with Crippen molar-refractivity contribution in [3.05, 3.63) is 0 Å². The molecule has 7 rings (SSSR count). The van der Waals surface area contributed by atoms with Crippen LogP contribution in [0.2, 0.25) is 0 Å². The van der Waals surface area contributed by atoms with Crippen molar-refractivity contribution in [2.75, 3.05) is 13.2 Å². The zero-order valence-electron chi connectivity index (χ0n) is 25.8. The molecule has 1 spiro atoms. The third-order valence-corrected chi connectivity index (χ3v) is 14.0. The Morgan fingerprint density at radius 3 is 2.36 bits per heavy atom. The molecule has 4 aliphatic carbocycles. The highest BCUT2D eigenvalue weighted by atomic mass is 16.7. The van der Waals surface area contributed by atoms with E-state index in [0.29, 0.717) is 36.5 Å². The molecule has 0 amide bonds. The predicted octanol–water partition coefficient (Wildman–Crippen LogP) is 2.59. The Balaban J connectivity index is 1.07. The van der Waals surface area contributed by atoms with Crippen LogP contribution in [0.4, 0.5) is 0 Å². The van der Waals surface area contributed by atoms with Crippen LogP contribution in [-0.4, -0.2) is 93.6 Å². The van der Waals surface area contributed by atoms with E-state index in [0.717, 1.165) is 45.1 Å². The number of hydrogen-bond acceptors (Lipinski definition) is 9. The molecule has 0 aromatic heterocycles. The van der Waals surface area contributed by atoms with E-state index in [4.69, 9.17) is 18.9 Å². The van der Waals surface area contributed by atoms with Gasteiger partial charge in [0.2, 0.25) is 0 Å². The van der Waals surface area contributed by atoms with Gasteiger partial charge < -0.3 is 44.5 Å². The Hall–Kier alpha value is -0.360. The van der Waals surface area contributed by atoms with E-state index >= 15 is 0 Å². The summed E-state index contributed by atoms with van der Waals surface area (Å²) in [7, 11) is 0. The predicted molar refractivity (Wildman–Crippen MR) is 152 cm³/mol. The molecule has 3 aliphatic heterocycles. The standard InChI is InChI=1S/C33H54O9/c1-16-7-10-33(39-15-16)17(2)25-29(42-33)28(38)26-20-6-5-18-11-24(41-30-27(37)22(35)12-19(14-34)40-30)23(36)13-32(18,4)21(20)8-9-31(25,26)3/h16-30,34-38H,5-15H2,1-4H3/t16-,17-,18+,19+,20-,21+,22+,23-,24?,25+,26-,27-,28+,29+,30?,31-,32+,33+/m0/s1. The summed E-state index contributed by atoms with van der Waals surface area (Å²) in [5.41, 5.74) is -0.0717. The maximum absolute atomic E-state index is 12.0. The fourth-order valence-electron chi connectivity index (χ4n) is 11.8. The van der Waals surface area contributed by atoms with Gasteiger partial charge in [-0.1, -0.05) is 27.7 Å². The molecule has 7 aliphatic rings. The molecule has 0 radical (unpaired) electrons. The largest absolute Gasteiger partial charge is 0.394 e. The molecule has 240 valence electrons. The first-order chi connectivity index (χ1) is 19.9. The van der Waals surface area contributed by atoms with Crippen molar-refractivity contribution >= 4 is 0 Å². The van der Waals surface area contributed by atoms with Crippen molar-refractivity contribution < 1.29 is 44.5 Å². The third-order valence-electron chi connectivity index (χ3n) is 14.0. The summed E-state index contributed by atoms with van der Waals surface area (Å²) in [6.07, 6.45) is 1.81. The van der Waals surface area contributed by atoms with Crippen LogP contribution in [0.25, 0.3) is 0 Å². The molecule has 9 heteroatoms. The summed E-state index contributed by atoms with van der Waals surface area (Å²) in [6, 6.07) is 0. The second-order valence-electron chi connectivity index (χ2n) is 16.1. The van der Waals surface area contributed by atoms with Crippen molar-refractivity contribution in [1.82, 2.24) is 0 Å². The molecule has 0 aromatic rings.